The van der Waals surface area contributed by atoms with E-state index in [4.69, 9.17) is 9.57 Å². The normalized spacial score (nSPS) is 12.5. The highest BCUT2D eigenvalue weighted by Gasteiger charge is 2.35. The van der Waals surface area contributed by atoms with E-state index in [2.05, 4.69) is 10.1 Å². The minimum atomic E-state index is -1.29. The van der Waals surface area contributed by atoms with Crippen LogP contribution in [0.15, 0.2) is 33.8 Å². The van der Waals surface area contributed by atoms with Crippen LogP contribution in [0, 0.1) is 0 Å². The zero-order chi connectivity index (χ0) is 18.7. The zero-order valence-corrected chi connectivity index (χ0v) is 16.4. The molecule has 6 nitrogen and oxygen atoms in total. The van der Waals surface area contributed by atoms with Crippen molar-refractivity contribution in [2.75, 3.05) is 0 Å². The second-order valence-corrected chi connectivity index (χ2v) is 8.99. The molecule has 0 saturated carbocycles. The first-order chi connectivity index (χ1) is 11.6. The van der Waals surface area contributed by atoms with Gasteiger partial charge in [0.2, 0.25) is 10.7 Å². The molecule has 1 heterocycles. The summed E-state index contributed by atoms with van der Waals surface area (Å²) in [4.78, 5) is 33.5. The largest absolute Gasteiger partial charge is 0.457 e. The predicted octanol–water partition coefficient (Wildman–Crippen LogP) is 4.04. The molecule has 0 aliphatic carbocycles. The maximum absolute atomic E-state index is 12.0. The van der Waals surface area contributed by atoms with Crippen molar-refractivity contribution < 1.29 is 19.2 Å². The Bertz CT molecular complexity index is 773. The molecule has 0 unspecified atom stereocenters. The number of fused-ring (bicyclic) bond motifs is 1. The molecule has 0 amide bonds. The van der Waals surface area contributed by atoms with Crippen molar-refractivity contribution >= 4 is 50.6 Å². The lowest BCUT2D eigenvalue weighted by molar-refractivity contribution is -0.179. The highest BCUT2D eigenvalue weighted by Crippen LogP contribution is 2.29. The Balaban J connectivity index is 1.92. The molecule has 0 radical (unpaired) electrons. The Morgan fingerprint density at radius 3 is 2.52 bits per heavy atom. The molecule has 0 spiro atoms. The van der Waals surface area contributed by atoms with Crippen LogP contribution in [0.3, 0.4) is 0 Å². The van der Waals surface area contributed by atoms with E-state index in [9.17, 15) is 9.59 Å². The average molecular weight is 380 g/mol. The lowest BCUT2D eigenvalue weighted by atomic mass is 10.1. The first-order valence-electron chi connectivity index (χ1n) is 7.59. The number of hydrogen-bond donors (Lipinski definition) is 0. The molecular formula is C17H20N2O4S2. The number of hydrogen-bond acceptors (Lipinski definition) is 8. The van der Waals surface area contributed by atoms with E-state index in [0.717, 1.165) is 28.2 Å². The van der Waals surface area contributed by atoms with Crippen LogP contribution < -0.4 is 0 Å². The molecule has 0 bridgehead atoms. The monoisotopic (exact) mass is 380 g/mol. The summed E-state index contributed by atoms with van der Waals surface area (Å²) < 4.78 is 6.89. The SMILES string of the molecule is CC(C)(C)OC(=O)C(C)(C)ON=CC(=O)Sc1nc2ccccc2s1. The molecule has 0 N–H and O–H groups in total. The van der Waals surface area contributed by atoms with Gasteiger partial charge in [-0.3, -0.25) is 4.79 Å². The van der Waals surface area contributed by atoms with E-state index in [-0.39, 0.29) is 5.12 Å². The van der Waals surface area contributed by atoms with Crippen molar-refractivity contribution in [2.24, 2.45) is 5.16 Å². The topological polar surface area (TPSA) is 77.9 Å². The third-order valence-electron chi connectivity index (χ3n) is 2.79. The van der Waals surface area contributed by atoms with Crippen LogP contribution in [0.2, 0.25) is 0 Å². The summed E-state index contributed by atoms with van der Waals surface area (Å²) in [5.74, 6) is -0.552. The summed E-state index contributed by atoms with van der Waals surface area (Å²) in [7, 11) is 0. The van der Waals surface area contributed by atoms with E-state index in [0.29, 0.717) is 4.34 Å². The Labute approximate surface area is 154 Å². The van der Waals surface area contributed by atoms with Crippen LogP contribution in [-0.4, -0.2) is 33.5 Å². The molecule has 25 heavy (non-hydrogen) atoms. The van der Waals surface area contributed by atoms with Crippen molar-refractivity contribution in [2.45, 2.75) is 50.2 Å². The summed E-state index contributed by atoms with van der Waals surface area (Å²) in [6, 6.07) is 7.65. The van der Waals surface area contributed by atoms with Gasteiger partial charge in [0.05, 0.1) is 10.2 Å². The minimum Gasteiger partial charge on any atom is -0.457 e. The van der Waals surface area contributed by atoms with E-state index in [1.165, 1.54) is 25.2 Å². The third-order valence-corrected chi connectivity index (χ3v) is 4.70. The number of thiazole rings is 1. The third kappa shape index (κ3) is 5.82. The fourth-order valence-electron chi connectivity index (χ4n) is 1.65. The second-order valence-electron chi connectivity index (χ2n) is 6.71. The number of benzene rings is 1. The molecule has 0 atom stereocenters. The zero-order valence-electron chi connectivity index (χ0n) is 14.7. The number of esters is 1. The van der Waals surface area contributed by atoms with Gasteiger partial charge in [0.25, 0.3) is 0 Å². The fraction of sp³-hybridized carbons (Fsp3) is 0.412. The number of oxime groups is 1. The Morgan fingerprint density at radius 1 is 1.20 bits per heavy atom. The van der Waals surface area contributed by atoms with Gasteiger partial charge in [-0.25, -0.2) is 9.78 Å². The summed E-state index contributed by atoms with van der Waals surface area (Å²) in [6.45, 7) is 8.36. The number of thioether (sulfide) groups is 1. The van der Waals surface area contributed by atoms with Crippen molar-refractivity contribution in [1.29, 1.82) is 0 Å². The van der Waals surface area contributed by atoms with E-state index < -0.39 is 17.2 Å². The first kappa shape index (κ1) is 19.4. The number of rotatable bonds is 5. The maximum Gasteiger partial charge on any atom is 0.353 e. The van der Waals surface area contributed by atoms with Gasteiger partial charge in [-0.05, 0) is 58.5 Å². The number of para-hydroxylation sites is 1. The van der Waals surface area contributed by atoms with Gasteiger partial charge >= 0.3 is 5.97 Å². The smallest absolute Gasteiger partial charge is 0.353 e. The highest BCUT2D eigenvalue weighted by atomic mass is 32.2. The number of carbonyl (C=O) groups is 2. The Morgan fingerprint density at radius 2 is 1.88 bits per heavy atom. The Hall–Kier alpha value is -1.93. The number of carbonyl (C=O) groups excluding carboxylic acids is 2. The van der Waals surface area contributed by atoms with Crippen molar-refractivity contribution in [1.82, 2.24) is 4.98 Å². The van der Waals surface area contributed by atoms with Crippen LogP contribution in [0.25, 0.3) is 10.2 Å². The van der Waals surface area contributed by atoms with Crippen molar-refractivity contribution in [3.05, 3.63) is 24.3 Å². The quantitative estimate of drug-likeness (QED) is 0.337. The molecule has 0 aliphatic heterocycles. The van der Waals surface area contributed by atoms with Crippen molar-refractivity contribution in [3.8, 4) is 0 Å². The van der Waals surface area contributed by atoms with Crippen LogP contribution in [0.5, 0.6) is 0 Å². The first-order valence-corrected chi connectivity index (χ1v) is 9.22. The predicted molar refractivity (Wildman–Crippen MR) is 100.0 cm³/mol. The Kier molecular flexibility index (Phi) is 5.84. The molecule has 0 saturated heterocycles. The highest BCUT2D eigenvalue weighted by molar-refractivity contribution is 8.16. The molecule has 1 aromatic heterocycles. The standard InChI is InChI=1S/C17H20N2O4S2/c1-16(2,3)22-14(21)17(4,5)23-18-10-13(20)25-15-19-11-8-6-7-9-12(11)24-15/h6-10H,1-5H3. The van der Waals surface area contributed by atoms with E-state index in [1.807, 2.05) is 24.3 Å². The van der Waals surface area contributed by atoms with Gasteiger partial charge in [-0.1, -0.05) is 17.3 Å². The van der Waals surface area contributed by atoms with E-state index in [1.54, 1.807) is 20.8 Å². The summed E-state index contributed by atoms with van der Waals surface area (Å²) in [5, 5.41) is 3.29. The molecule has 134 valence electrons. The van der Waals surface area contributed by atoms with Crippen LogP contribution in [0.4, 0.5) is 0 Å². The lowest BCUT2D eigenvalue weighted by Gasteiger charge is -2.26. The molecular weight excluding hydrogens is 360 g/mol. The van der Waals surface area contributed by atoms with Gasteiger partial charge < -0.3 is 9.57 Å². The molecule has 1 aromatic carbocycles. The van der Waals surface area contributed by atoms with Gasteiger partial charge in [0, 0.05) is 0 Å². The summed E-state index contributed by atoms with van der Waals surface area (Å²) in [5.41, 5.74) is -1.06. The summed E-state index contributed by atoms with van der Waals surface area (Å²) in [6.07, 6.45) is 1.03. The van der Waals surface area contributed by atoms with Gasteiger partial charge in [-0.2, -0.15) is 0 Å². The van der Waals surface area contributed by atoms with E-state index >= 15 is 0 Å². The fourth-order valence-corrected chi connectivity index (χ4v) is 3.44. The molecule has 2 aromatic rings. The van der Waals surface area contributed by atoms with Gasteiger partial charge in [0.1, 0.15) is 11.8 Å². The molecule has 2 rings (SSSR count). The van der Waals surface area contributed by atoms with Gasteiger partial charge in [-0.15, -0.1) is 11.3 Å². The van der Waals surface area contributed by atoms with Crippen LogP contribution >= 0.6 is 23.1 Å². The number of nitrogens with zero attached hydrogens (tertiary/aromatic N) is 2. The second kappa shape index (κ2) is 7.53. The van der Waals surface area contributed by atoms with Crippen LogP contribution in [0.1, 0.15) is 34.6 Å². The maximum atomic E-state index is 12.0. The van der Waals surface area contributed by atoms with Crippen LogP contribution in [-0.2, 0) is 19.2 Å². The molecule has 0 aliphatic rings. The minimum absolute atomic E-state index is 0.334. The molecule has 8 heteroatoms. The molecule has 0 fully saturated rings. The van der Waals surface area contributed by atoms with Gasteiger partial charge in [0.15, 0.2) is 4.34 Å². The van der Waals surface area contributed by atoms with Crippen molar-refractivity contribution in [3.63, 3.8) is 0 Å². The summed E-state index contributed by atoms with van der Waals surface area (Å²) >= 11 is 2.39. The lowest BCUT2D eigenvalue weighted by Crippen LogP contribution is -2.39. The number of ether oxygens (including phenoxy) is 1. The average Bonchev–Trinajstić information content (AvgIpc) is 2.87. The number of aromatic nitrogens is 1.